The fourth-order valence-corrected chi connectivity index (χ4v) is 4.59. The van der Waals surface area contributed by atoms with E-state index in [4.69, 9.17) is 4.42 Å². The highest BCUT2D eigenvalue weighted by molar-refractivity contribution is 6.04. The first kappa shape index (κ1) is 24.8. The molecular weight excluding hydrogens is 505 g/mol. The summed E-state index contributed by atoms with van der Waals surface area (Å²) >= 11 is 0. The van der Waals surface area contributed by atoms with Crippen LogP contribution in [0.3, 0.4) is 0 Å². The van der Waals surface area contributed by atoms with E-state index in [-0.39, 0.29) is 28.5 Å². The van der Waals surface area contributed by atoms with Crippen molar-refractivity contribution in [2.45, 2.75) is 0 Å². The molecule has 0 saturated carbocycles. The molecule has 0 aliphatic heterocycles. The monoisotopic (exact) mass is 527 g/mol. The van der Waals surface area contributed by atoms with Crippen molar-refractivity contribution in [3.05, 3.63) is 143 Å². The predicted octanol–water partition coefficient (Wildman–Crippen LogP) is 7.89. The summed E-state index contributed by atoms with van der Waals surface area (Å²) in [5.41, 5.74) is 4.61. The van der Waals surface area contributed by atoms with Crippen molar-refractivity contribution in [3.8, 4) is 39.3 Å². The van der Waals surface area contributed by atoms with Crippen LogP contribution in [0.4, 0.5) is 10.1 Å². The van der Waals surface area contributed by atoms with E-state index in [0.717, 1.165) is 22.3 Å². The normalized spacial score (nSPS) is 10.9. The van der Waals surface area contributed by atoms with Crippen molar-refractivity contribution in [1.29, 1.82) is 0 Å². The number of nitrogens with one attached hydrogen (secondary N) is 1. The van der Waals surface area contributed by atoms with E-state index in [1.54, 1.807) is 66.7 Å². The van der Waals surface area contributed by atoms with Gasteiger partial charge in [0.1, 0.15) is 11.4 Å². The van der Waals surface area contributed by atoms with E-state index in [1.165, 1.54) is 12.1 Å². The van der Waals surface area contributed by atoms with Crippen LogP contribution in [0.25, 0.3) is 44.5 Å². The fraction of sp³-hybridized carbons (Fsp3) is 0. The summed E-state index contributed by atoms with van der Waals surface area (Å²) in [5, 5.41) is 13.8. The summed E-state index contributed by atoms with van der Waals surface area (Å²) in [6, 6.07) is 34.9. The Kier molecular flexibility index (Phi) is 6.42. The average Bonchev–Trinajstić information content (AvgIpc) is 3.00. The Balaban J connectivity index is 1.29. The van der Waals surface area contributed by atoms with Gasteiger partial charge in [-0.15, -0.1) is 0 Å². The number of carbonyl (C=O) groups is 1. The van der Waals surface area contributed by atoms with Gasteiger partial charge in [0.25, 0.3) is 5.91 Å². The van der Waals surface area contributed by atoms with Crippen LogP contribution in [0, 0.1) is 5.82 Å². The molecule has 0 aliphatic rings. The second-order valence-corrected chi connectivity index (χ2v) is 9.31. The molecule has 194 valence electrons. The van der Waals surface area contributed by atoms with E-state index in [1.807, 2.05) is 42.5 Å². The summed E-state index contributed by atoms with van der Waals surface area (Å²) in [5.74, 6) is -1.19. The number of fused-ring (bicyclic) bond motifs is 1. The van der Waals surface area contributed by atoms with Gasteiger partial charge in [-0.3, -0.25) is 9.59 Å². The molecule has 1 amide bonds. The van der Waals surface area contributed by atoms with Gasteiger partial charge in [0.05, 0.1) is 5.39 Å². The Labute approximate surface area is 228 Å². The molecule has 0 aliphatic carbocycles. The number of carbonyl (C=O) groups excluding carboxylic acids is 1. The number of anilines is 1. The Morgan fingerprint density at radius 1 is 0.675 bits per heavy atom. The molecule has 40 heavy (non-hydrogen) atoms. The van der Waals surface area contributed by atoms with Gasteiger partial charge in [-0.05, 0) is 70.8 Å². The third kappa shape index (κ3) is 4.86. The van der Waals surface area contributed by atoms with Crippen LogP contribution >= 0.6 is 0 Å². The first-order valence-electron chi connectivity index (χ1n) is 12.6. The lowest BCUT2D eigenvalue weighted by molar-refractivity contribution is 0.102. The first-order chi connectivity index (χ1) is 19.5. The van der Waals surface area contributed by atoms with Crippen molar-refractivity contribution < 1.29 is 18.7 Å². The Bertz CT molecular complexity index is 1910. The van der Waals surface area contributed by atoms with Crippen LogP contribution in [0.2, 0.25) is 0 Å². The zero-order valence-electron chi connectivity index (χ0n) is 21.1. The molecule has 6 rings (SSSR count). The molecule has 0 bridgehead atoms. The highest BCUT2D eigenvalue weighted by Crippen LogP contribution is 2.33. The van der Waals surface area contributed by atoms with E-state index in [0.29, 0.717) is 16.8 Å². The third-order valence-electron chi connectivity index (χ3n) is 6.68. The smallest absolute Gasteiger partial charge is 0.255 e. The second-order valence-electron chi connectivity index (χ2n) is 9.31. The summed E-state index contributed by atoms with van der Waals surface area (Å²) in [6.45, 7) is 0. The maximum Gasteiger partial charge on any atom is 0.255 e. The number of hydrogen-bond donors (Lipinski definition) is 2. The van der Waals surface area contributed by atoms with E-state index in [2.05, 4.69) is 5.32 Å². The predicted molar refractivity (Wildman–Crippen MR) is 155 cm³/mol. The molecule has 6 aromatic rings. The standard InChI is InChI=1S/C34H22FNO4/c35-27-16-13-23(14-17-27)25-15-18-29-30(20-25)40-33(32(38)31(29)37)26-7-4-8-28(19-26)36-34(39)24-11-9-22(10-12-24)21-5-2-1-3-6-21/h1-20,38H,(H,36,39). The number of aromatic hydroxyl groups is 1. The quantitative estimate of drug-likeness (QED) is 0.239. The van der Waals surface area contributed by atoms with Gasteiger partial charge in [0.15, 0.2) is 5.76 Å². The van der Waals surface area contributed by atoms with Gasteiger partial charge in [-0.2, -0.15) is 0 Å². The Morgan fingerprint density at radius 3 is 2.05 bits per heavy atom. The van der Waals surface area contributed by atoms with Gasteiger partial charge in [0, 0.05) is 16.8 Å². The van der Waals surface area contributed by atoms with Crippen molar-refractivity contribution in [3.63, 3.8) is 0 Å². The lowest BCUT2D eigenvalue weighted by atomic mass is 10.0. The molecule has 0 atom stereocenters. The minimum Gasteiger partial charge on any atom is -0.502 e. The van der Waals surface area contributed by atoms with Crippen LogP contribution < -0.4 is 10.7 Å². The number of benzene rings is 5. The zero-order valence-corrected chi connectivity index (χ0v) is 21.1. The third-order valence-corrected chi connectivity index (χ3v) is 6.68. The lowest BCUT2D eigenvalue weighted by Gasteiger charge is -2.10. The number of hydrogen-bond acceptors (Lipinski definition) is 4. The Hall–Kier alpha value is -5.49. The molecule has 0 unspecified atom stereocenters. The van der Waals surface area contributed by atoms with Crippen molar-refractivity contribution in [2.24, 2.45) is 0 Å². The molecule has 0 fully saturated rings. The number of amides is 1. The van der Waals surface area contributed by atoms with Crippen LogP contribution in [0.15, 0.2) is 131 Å². The molecule has 1 heterocycles. The molecule has 2 N–H and O–H groups in total. The molecular formula is C34H22FNO4. The molecule has 0 spiro atoms. The van der Waals surface area contributed by atoms with Crippen molar-refractivity contribution in [1.82, 2.24) is 0 Å². The SMILES string of the molecule is O=C(Nc1cccc(-c2oc3cc(-c4ccc(F)cc4)ccc3c(=O)c2O)c1)c1ccc(-c2ccccc2)cc1. The fourth-order valence-electron chi connectivity index (χ4n) is 4.59. The number of rotatable bonds is 5. The maximum atomic E-state index is 13.4. The van der Waals surface area contributed by atoms with Crippen LogP contribution in [-0.2, 0) is 0 Å². The minimum absolute atomic E-state index is 0.0166. The minimum atomic E-state index is -0.574. The van der Waals surface area contributed by atoms with Crippen molar-refractivity contribution in [2.75, 3.05) is 5.32 Å². The molecule has 1 aromatic heterocycles. The van der Waals surface area contributed by atoms with Gasteiger partial charge in [0.2, 0.25) is 11.2 Å². The van der Waals surface area contributed by atoms with Gasteiger partial charge >= 0.3 is 0 Å². The molecule has 0 saturated heterocycles. The van der Waals surface area contributed by atoms with Gasteiger partial charge < -0.3 is 14.8 Å². The summed E-state index contributed by atoms with van der Waals surface area (Å²) < 4.78 is 19.4. The summed E-state index contributed by atoms with van der Waals surface area (Å²) in [7, 11) is 0. The molecule has 5 nitrogen and oxygen atoms in total. The number of halogens is 1. The highest BCUT2D eigenvalue weighted by Gasteiger charge is 2.17. The van der Waals surface area contributed by atoms with E-state index >= 15 is 0 Å². The van der Waals surface area contributed by atoms with E-state index in [9.17, 15) is 19.1 Å². The summed E-state index contributed by atoms with van der Waals surface area (Å²) in [4.78, 5) is 25.9. The van der Waals surface area contributed by atoms with Gasteiger partial charge in [-0.1, -0.05) is 72.8 Å². The Morgan fingerprint density at radius 2 is 1.30 bits per heavy atom. The average molecular weight is 528 g/mol. The topological polar surface area (TPSA) is 79.5 Å². The molecule has 0 radical (unpaired) electrons. The molecule has 5 aromatic carbocycles. The first-order valence-corrected chi connectivity index (χ1v) is 12.6. The second kappa shape index (κ2) is 10.3. The van der Waals surface area contributed by atoms with Gasteiger partial charge in [-0.25, -0.2) is 4.39 Å². The molecule has 6 heteroatoms. The van der Waals surface area contributed by atoms with E-state index < -0.39 is 11.2 Å². The lowest BCUT2D eigenvalue weighted by Crippen LogP contribution is -2.11. The van der Waals surface area contributed by atoms with Crippen LogP contribution in [0.5, 0.6) is 5.75 Å². The van der Waals surface area contributed by atoms with Crippen molar-refractivity contribution >= 4 is 22.6 Å². The zero-order chi connectivity index (χ0) is 27.6. The van der Waals surface area contributed by atoms with Crippen LogP contribution in [0.1, 0.15) is 10.4 Å². The summed E-state index contributed by atoms with van der Waals surface area (Å²) in [6.07, 6.45) is 0. The highest BCUT2D eigenvalue weighted by atomic mass is 19.1. The van der Waals surface area contributed by atoms with Crippen LogP contribution in [-0.4, -0.2) is 11.0 Å². The maximum absolute atomic E-state index is 13.4. The largest absolute Gasteiger partial charge is 0.502 e.